The van der Waals surface area contributed by atoms with Gasteiger partial charge in [-0.2, -0.15) is 0 Å². The number of halogens is 3. The van der Waals surface area contributed by atoms with E-state index >= 15 is 0 Å². The van der Waals surface area contributed by atoms with E-state index in [1.54, 1.807) is 16.8 Å². The quantitative estimate of drug-likeness (QED) is 0.767. The zero-order chi connectivity index (χ0) is 17.4. The Labute approximate surface area is 141 Å². The topological polar surface area (TPSA) is 52.7 Å². The molecular weight excluding hydrogens is 333 g/mol. The number of fused-ring (bicyclic) bond motifs is 1. The van der Waals surface area contributed by atoms with Crippen molar-refractivity contribution in [2.75, 3.05) is 11.9 Å². The van der Waals surface area contributed by atoms with Crippen molar-refractivity contribution in [3.63, 3.8) is 0 Å². The first-order valence-electron chi connectivity index (χ1n) is 7.98. The van der Waals surface area contributed by atoms with Crippen LogP contribution in [0.25, 0.3) is 16.9 Å². The van der Waals surface area contributed by atoms with Crippen LogP contribution in [0.15, 0.2) is 42.6 Å². The summed E-state index contributed by atoms with van der Waals surface area (Å²) in [6, 6.07) is 9.60. The van der Waals surface area contributed by atoms with Crippen LogP contribution in [0.4, 0.5) is 19.0 Å². The van der Waals surface area contributed by atoms with Crippen LogP contribution in [0.3, 0.4) is 0 Å². The van der Waals surface area contributed by atoms with Crippen LogP contribution in [0.2, 0.25) is 0 Å². The number of hydrogen-bond donors (Lipinski definition) is 1. The third-order valence-corrected chi connectivity index (χ3v) is 4.05. The van der Waals surface area contributed by atoms with Gasteiger partial charge in [0, 0.05) is 18.2 Å². The van der Waals surface area contributed by atoms with Gasteiger partial charge in [-0.15, -0.1) is 13.2 Å². The minimum absolute atomic E-state index is 0.261. The number of aromatic amines is 1. The predicted molar refractivity (Wildman–Crippen MR) is 85.1 cm³/mol. The molecule has 4 rings (SSSR count). The van der Waals surface area contributed by atoms with Gasteiger partial charge in [0.25, 0.3) is 0 Å². The smallest absolute Gasteiger partial charge is 0.406 e. The lowest BCUT2D eigenvalue weighted by molar-refractivity contribution is -0.343. The average molecular weight is 349 g/mol. The highest BCUT2D eigenvalue weighted by Crippen LogP contribution is 2.29. The molecule has 0 bridgehead atoms. The van der Waals surface area contributed by atoms with Gasteiger partial charge in [0.05, 0.1) is 0 Å². The van der Waals surface area contributed by atoms with E-state index in [0.29, 0.717) is 17.2 Å². The van der Waals surface area contributed by atoms with Crippen molar-refractivity contribution in [1.82, 2.24) is 9.61 Å². The zero-order valence-electron chi connectivity index (χ0n) is 13.2. The SMILES string of the molecule is FC(F)(F)Oc1cccc(-c2c[nH+]c3ccc(NCC4CC4)nn23)c1. The molecule has 0 atom stereocenters. The van der Waals surface area contributed by atoms with Crippen LogP contribution < -0.4 is 15.0 Å². The first kappa shape index (κ1) is 15.7. The summed E-state index contributed by atoms with van der Waals surface area (Å²) in [5.74, 6) is 1.18. The summed E-state index contributed by atoms with van der Waals surface area (Å²) in [6.07, 6.45) is -0.530. The number of nitrogens with one attached hydrogen (secondary N) is 2. The number of alkyl halides is 3. The van der Waals surface area contributed by atoms with Crippen molar-refractivity contribution in [1.29, 1.82) is 0 Å². The molecule has 1 saturated carbocycles. The first-order chi connectivity index (χ1) is 12.0. The molecule has 1 fully saturated rings. The molecule has 0 aliphatic heterocycles. The second-order valence-corrected chi connectivity index (χ2v) is 6.09. The predicted octanol–water partition coefficient (Wildman–Crippen LogP) is 3.54. The first-order valence-corrected chi connectivity index (χ1v) is 7.98. The van der Waals surface area contributed by atoms with Gasteiger partial charge in [-0.3, -0.25) is 0 Å². The Morgan fingerprint density at radius 1 is 1.24 bits per heavy atom. The van der Waals surface area contributed by atoms with E-state index in [0.717, 1.165) is 18.0 Å². The van der Waals surface area contributed by atoms with Crippen LogP contribution in [0.5, 0.6) is 5.75 Å². The molecule has 0 unspecified atom stereocenters. The van der Waals surface area contributed by atoms with Gasteiger partial charge in [0.1, 0.15) is 11.9 Å². The summed E-state index contributed by atoms with van der Waals surface area (Å²) >= 11 is 0. The number of rotatable bonds is 5. The minimum Gasteiger partial charge on any atom is -0.406 e. The molecule has 2 heterocycles. The van der Waals surface area contributed by atoms with Crippen molar-refractivity contribution in [3.8, 4) is 17.0 Å². The third kappa shape index (κ3) is 3.67. The lowest BCUT2D eigenvalue weighted by atomic mass is 10.1. The Bertz CT molecular complexity index is 902. The molecule has 8 heteroatoms. The molecule has 1 aromatic carbocycles. The van der Waals surface area contributed by atoms with Gasteiger partial charge < -0.3 is 10.1 Å². The van der Waals surface area contributed by atoms with Gasteiger partial charge in [-0.05, 0) is 37.0 Å². The van der Waals surface area contributed by atoms with Crippen LogP contribution in [0.1, 0.15) is 12.8 Å². The molecule has 0 amide bonds. The highest BCUT2D eigenvalue weighted by atomic mass is 19.4. The van der Waals surface area contributed by atoms with E-state index in [9.17, 15) is 13.2 Å². The highest BCUT2D eigenvalue weighted by Gasteiger charge is 2.31. The van der Waals surface area contributed by atoms with Crippen LogP contribution >= 0.6 is 0 Å². The number of H-pyrrole nitrogens is 1. The van der Waals surface area contributed by atoms with Gasteiger partial charge in [-0.1, -0.05) is 21.7 Å². The third-order valence-electron chi connectivity index (χ3n) is 4.05. The molecule has 0 spiro atoms. The maximum Gasteiger partial charge on any atom is 0.573 e. The second kappa shape index (κ2) is 5.94. The fourth-order valence-electron chi connectivity index (χ4n) is 2.64. The fraction of sp³-hybridized carbons (Fsp3) is 0.294. The molecule has 3 aromatic rings. The maximum atomic E-state index is 12.4. The lowest BCUT2D eigenvalue weighted by Gasteiger charge is -2.09. The van der Waals surface area contributed by atoms with Crippen molar-refractivity contribution in [2.24, 2.45) is 5.92 Å². The Hall–Kier alpha value is -2.77. The highest BCUT2D eigenvalue weighted by molar-refractivity contribution is 5.63. The van der Waals surface area contributed by atoms with E-state index < -0.39 is 6.36 Å². The molecule has 0 saturated heterocycles. The normalized spacial score (nSPS) is 14.7. The summed E-state index contributed by atoms with van der Waals surface area (Å²) in [7, 11) is 0. The standard InChI is InChI=1S/C17H15F3N4O/c18-17(19,20)25-13-3-1-2-12(8-13)14-10-22-16-7-6-15(23-24(14)16)21-9-11-4-5-11/h1-3,6-8,10-11H,4-5,9H2,(H,21,23)/p+1. The lowest BCUT2D eigenvalue weighted by Crippen LogP contribution is -2.17. The zero-order valence-corrected chi connectivity index (χ0v) is 13.2. The summed E-state index contributed by atoms with van der Waals surface area (Å²) in [5.41, 5.74) is 1.97. The Kier molecular flexibility index (Phi) is 3.74. The van der Waals surface area contributed by atoms with Crippen LogP contribution in [-0.2, 0) is 0 Å². The fourth-order valence-corrected chi connectivity index (χ4v) is 2.64. The van der Waals surface area contributed by atoms with E-state index in [1.165, 1.54) is 31.0 Å². The summed E-state index contributed by atoms with van der Waals surface area (Å²) < 4.78 is 42.9. The number of imidazole rings is 1. The second-order valence-electron chi connectivity index (χ2n) is 6.09. The molecule has 130 valence electrons. The average Bonchev–Trinajstić information content (AvgIpc) is 3.29. The maximum absolute atomic E-state index is 12.4. The number of ether oxygens (including phenoxy) is 1. The molecule has 1 aliphatic rings. The molecule has 25 heavy (non-hydrogen) atoms. The van der Waals surface area contributed by atoms with Crippen molar-refractivity contribution in [2.45, 2.75) is 19.2 Å². The van der Waals surface area contributed by atoms with E-state index in [4.69, 9.17) is 0 Å². The molecule has 2 N–H and O–H groups in total. The largest absolute Gasteiger partial charge is 0.573 e. The summed E-state index contributed by atoms with van der Waals surface area (Å²) in [6.45, 7) is 0.883. The number of hydrogen-bond acceptors (Lipinski definition) is 3. The number of nitrogens with zero attached hydrogens (tertiary/aromatic N) is 2. The van der Waals surface area contributed by atoms with Gasteiger partial charge in [-0.25, -0.2) is 4.98 Å². The van der Waals surface area contributed by atoms with Crippen molar-refractivity contribution in [3.05, 3.63) is 42.6 Å². The van der Waals surface area contributed by atoms with Gasteiger partial charge in [0.15, 0.2) is 5.82 Å². The number of anilines is 1. The van der Waals surface area contributed by atoms with Gasteiger partial charge >= 0.3 is 12.0 Å². The Balaban J connectivity index is 1.65. The van der Waals surface area contributed by atoms with Crippen molar-refractivity contribution < 1.29 is 22.9 Å². The van der Waals surface area contributed by atoms with Crippen LogP contribution in [0, 0.1) is 5.92 Å². The van der Waals surface area contributed by atoms with Gasteiger partial charge in [0.2, 0.25) is 5.69 Å². The molecule has 5 nitrogen and oxygen atoms in total. The van der Waals surface area contributed by atoms with Crippen molar-refractivity contribution >= 4 is 11.5 Å². The monoisotopic (exact) mass is 349 g/mol. The molecule has 1 aliphatic carbocycles. The van der Waals surface area contributed by atoms with Crippen LogP contribution in [-0.4, -0.2) is 22.5 Å². The number of aromatic nitrogens is 3. The minimum atomic E-state index is -4.72. The number of benzene rings is 1. The Morgan fingerprint density at radius 2 is 2.08 bits per heavy atom. The summed E-state index contributed by atoms with van der Waals surface area (Å²) in [5, 5.41) is 7.82. The Morgan fingerprint density at radius 3 is 2.84 bits per heavy atom. The molecule has 0 radical (unpaired) electrons. The molecule has 2 aromatic heterocycles. The van der Waals surface area contributed by atoms with E-state index in [-0.39, 0.29) is 5.75 Å². The van der Waals surface area contributed by atoms with E-state index in [1.807, 2.05) is 12.1 Å². The van der Waals surface area contributed by atoms with E-state index in [2.05, 4.69) is 20.1 Å². The summed E-state index contributed by atoms with van der Waals surface area (Å²) in [4.78, 5) is 3.07. The molecular formula is C17H16F3N4O+.